The van der Waals surface area contributed by atoms with E-state index in [1.54, 1.807) is 6.92 Å². The second-order valence-electron chi connectivity index (χ2n) is 4.71. The van der Waals surface area contributed by atoms with E-state index in [1.807, 2.05) is 0 Å². The molecule has 110 valence electrons. The lowest BCUT2D eigenvalue weighted by molar-refractivity contribution is -0.138. The number of carbonyl (C=O) groups excluding carboxylic acids is 3. The number of fused-ring (bicyclic) bond motifs is 1. The van der Waals surface area contributed by atoms with Gasteiger partial charge in [0.2, 0.25) is 18.6 Å². The molecule has 0 radical (unpaired) electrons. The van der Waals surface area contributed by atoms with Crippen LogP contribution in [-0.2, 0) is 9.59 Å². The molecule has 0 bridgehead atoms. The largest absolute Gasteiger partial charge is 0.454 e. The van der Waals surface area contributed by atoms with E-state index >= 15 is 0 Å². The molecule has 1 aromatic carbocycles. The fourth-order valence-corrected chi connectivity index (χ4v) is 2.48. The molecule has 2 heterocycles. The number of hydrogen-bond acceptors (Lipinski definition) is 5. The van der Waals surface area contributed by atoms with Gasteiger partial charge in [0.25, 0.3) is 5.91 Å². The lowest BCUT2D eigenvalue weighted by Crippen LogP contribution is -2.58. The minimum absolute atomic E-state index is 0.0354. The van der Waals surface area contributed by atoms with Crippen molar-refractivity contribution in [2.45, 2.75) is 13.0 Å². The van der Waals surface area contributed by atoms with Gasteiger partial charge in [0.1, 0.15) is 12.6 Å². The Kier molecular flexibility index (Phi) is 3.21. The molecule has 1 atom stereocenters. The first kappa shape index (κ1) is 13.7. The quantitative estimate of drug-likeness (QED) is 0.766. The van der Waals surface area contributed by atoms with Gasteiger partial charge in [0, 0.05) is 5.56 Å². The maximum atomic E-state index is 12.5. The van der Waals surface area contributed by atoms with Crippen LogP contribution in [0.5, 0.6) is 11.5 Å². The number of nitrogens with zero attached hydrogens (tertiary/aromatic N) is 1. The summed E-state index contributed by atoms with van der Waals surface area (Å²) in [5, 5.41) is 2.42. The zero-order valence-corrected chi connectivity index (χ0v) is 11.8. The fourth-order valence-electron chi connectivity index (χ4n) is 2.22. The van der Waals surface area contributed by atoms with Crippen LogP contribution < -0.4 is 14.8 Å². The standard InChI is InChI=1S/C13H11ClN2O5/c1-6-12(18)15-10(17)4-16(6)13(19)7-2-8(14)11-9(3-7)20-5-21-11/h2-3,6H,4-5H2,1H3,(H,15,17,18). The van der Waals surface area contributed by atoms with Gasteiger partial charge in [-0.2, -0.15) is 0 Å². The molecular weight excluding hydrogens is 300 g/mol. The average Bonchev–Trinajstić information content (AvgIpc) is 2.91. The first-order valence-corrected chi connectivity index (χ1v) is 6.59. The van der Waals surface area contributed by atoms with Crippen molar-refractivity contribution in [2.75, 3.05) is 13.3 Å². The molecule has 3 rings (SSSR count). The molecule has 0 spiro atoms. The van der Waals surface area contributed by atoms with Crippen LogP contribution >= 0.6 is 11.6 Å². The van der Waals surface area contributed by atoms with E-state index in [9.17, 15) is 14.4 Å². The third kappa shape index (κ3) is 2.29. The molecule has 2 aliphatic rings. The normalized spacial score (nSPS) is 20.5. The SMILES string of the molecule is CC1C(=O)NC(=O)CN1C(=O)c1cc(Cl)c2c(c1)OCO2. The van der Waals surface area contributed by atoms with Crippen molar-refractivity contribution in [1.82, 2.24) is 10.2 Å². The van der Waals surface area contributed by atoms with E-state index in [-0.39, 0.29) is 23.9 Å². The van der Waals surface area contributed by atoms with E-state index in [0.717, 1.165) is 0 Å². The van der Waals surface area contributed by atoms with Gasteiger partial charge in [0.15, 0.2) is 11.5 Å². The monoisotopic (exact) mass is 310 g/mol. The predicted octanol–water partition coefficient (Wildman–Crippen LogP) is 0.556. The van der Waals surface area contributed by atoms with Crippen LogP contribution in [0.4, 0.5) is 0 Å². The zero-order chi connectivity index (χ0) is 15.1. The van der Waals surface area contributed by atoms with Crippen molar-refractivity contribution in [2.24, 2.45) is 0 Å². The third-order valence-corrected chi connectivity index (χ3v) is 3.64. The second kappa shape index (κ2) is 4.92. The van der Waals surface area contributed by atoms with Gasteiger partial charge in [0.05, 0.1) is 5.02 Å². The van der Waals surface area contributed by atoms with Crippen LogP contribution in [-0.4, -0.2) is 42.0 Å². The summed E-state index contributed by atoms with van der Waals surface area (Å²) in [4.78, 5) is 36.7. The molecule has 3 amide bonds. The fraction of sp³-hybridized carbons (Fsp3) is 0.308. The van der Waals surface area contributed by atoms with Gasteiger partial charge < -0.3 is 14.4 Å². The summed E-state index contributed by atoms with van der Waals surface area (Å²) in [6.45, 7) is 1.40. The molecule has 21 heavy (non-hydrogen) atoms. The Labute approximate surface area is 124 Å². The van der Waals surface area contributed by atoms with E-state index in [2.05, 4.69) is 5.32 Å². The second-order valence-corrected chi connectivity index (χ2v) is 5.12. The van der Waals surface area contributed by atoms with Crippen molar-refractivity contribution < 1.29 is 23.9 Å². The number of nitrogens with one attached hydrogen (secondary N) is 1. The third-order valence-electron chi connectivity index (χ3n) is 3.36. The van der Waals surface area contributed by atoms with E-state index in [1.165, 1.54) is 17.0 Å². The van der Waals surface area contributed by atoms with Gasteiger partial charge >= 0.3 is 0 Å². The number of piperazine rings is 1. The summed E-state index contributed by atoms with van der Waals surface area (Å²) in [5.41, 5.74) is 0.235. The first-order chi connectivity index (χ1) is 9.97. The van der Waals surface area contributed by atoms with Gasteiger partial charge in [-0.05, 0) is 19.1 Å². The molecule has 1 unspecified atom stereocenters. The molecular formula is C13H11ClN2O5. The lowest BCUT2D eigenvalue weighted by atomic mass is 10.1. The van der Waals surface area contributed by atoms with E-state index < -0.39 is 23.8 Å². The maximum Gasteiger partial charge on any atom is 0.255 e. The van der Waals surface area contributed by atoms with Crippen LogP contribution in [0, 0.1) is 0 Å². The Morgan fingerprint density at radius 2 is 2.14 bits per heavy atom. The van der Waals surface area contributed by atoms with Crippen molar-refractivity contribution in [3.05, 3.63) is 22.7 Å². The van der Waals surface area contributed by atoms with Crippen LogP contribution in [0.2, 0.25) is 5.02 Å². The van der Waals surface area contributed by atoms with Crippen LogP contribution in [0.15, 0.2) is 12.1 Å². The van der Waals surface area contributed by atoms with Crippen molar-refractivity contribution in [1.29, 1.82) is 0 Å². The van der Waals surface area contributed by atoms with Crippen molar-refractivity contribution in [3.63, 3.8) is 0 Å². The van der Waals surface area contributed by atoms with E-state index in [0.29, 0.717) is 11.5 Å². The smallest absolute Gasteiger partial charge is 0.255 e. The van der Waals surface area contributed by atoms with Crippen molar-refractivity contribution >= 4 is 29.3 Å². The summed E-state index contributed by atoms with van der Waals surface area (Å²) in [6, 6.07) is 2.18. The Balaban J connectivity index is 1.93. The highest BCUT2D eigenvalue weighted by Crippen LogP contribution is 2.40. The lowest BCUT2D eigenvalue weighted by Gasteiger charge is -2.31. The van der Waals surface area contributed by atoms with Crippen LogP contribution in [0.25, 0.3) is 0 Å². The predicted molar refractivity (Wildman–Crippen MR) is 71.2 cm³/mol. The number of imide groups is 1. The highest BCUT2D eigenvalue weighted by molar-refractivity contribution is 6.32. The highest BCUT2D eigenvalue weighted by Gasteiger charge is 2.34. The molecule has 1 aromatic rings. The molecule has 1 saturated heterocycles. The number of benzene rings is 1. The summed E-state index contributed by atoms with van der Waals surface area (Å²) < 4.78 is 10.4. The van der Waals surface area contributed by atoms with Crippen molar-refractivity contribution in [3.8, 4) is 11.5 Å². The molecule has 7 nitrogen and oxygen atoms in total. The summed E-state index contributed by atoms with van der Waals surface area (Å²) >= 11 is 6.03. The molecule has 2 aliphatic heterocycles. The number of halogens is 1. The number of amides is 3. The summed E-state index contributed by atoms with van der Waals surface area (Å²) in [7, 11) is 0. The summed E-state index contributed by atoms with van der Waals surface area (Å²) in [6.07, 6.45) is 0. The maximum absolute atomic E-state index is 12.5. The molecule has 8 heteroatoms. The Morgan fingerprint density at radius 1 is 1.38 bits per heavy atom. The Bertz CT molecular complexity index is 660. The minimum Gasteiger partial charge on any atom is -0.454 e. The first-order valence-electron chi connectivity index (χ1n) is 6.21. The molecule has 0 saturated carbocycles. The Hall–Kier alpha value is -2.28. The molecule has 1 N–H and O–H groups in total. The number of carbonyl (C=O) groups is 3. The van der Waals surface area contributed by atoms with Gasteiger partial charge in [-0.1, -0.05) is 11.6 Å². The van der Waals surface area contributed by atoms with Gasteiger partial charge in [-0.25, -0.2) is 0 Å². The molecule has 0 aliphatic carbocycles. The number of hydrogen-bond donors (Lipinski definition) is 1. The van der Waals surface area contributed by atoms with Gasteiger partial charge in [-0.3, -0.25) is 19.7 Å². The summed E-state index contributed by atoms with van der Waals surface area (Å²) in [5.74, 6) is -0.740. The Morgan fingerprint density at radius 3 is 2.90 bits per heavy atom. The van der Waals surface area contributed by atoms with Crippen LogP contribution in [0.1, 0.15) is 17.3 Å². The number of rotatable bonds is 1. The van der Waals surface area contributed by atoms with E-state index in [4.69, 9.17) is 21.1 Å². The zero-order valence-electron chi connectivity index (χ0n) is 11.0. The number of ether oxygens (including phenoxy) is 2. The highest BCUT2D eigenvalue weighted by atomic mass is 35.5. The molecule has 1 fully saturated rings. The topological polar surface area (TPSA) is 84.9 Å². The molecule has 0 aromatic heterocycles. The van der Waals surface area contributed by atoms with Gasteiger partial charge in [-0.15, -0.1) is 0 Å². The average molecular weight is 311 g/mol. The minimum atomic E-state index is -0.737. The van der Waals surface area contributed by atoms with Crippen LogP contribution in [0.3, 0.4) is 0 Å².